The van der Waals surface area contributed by atoms with Gasteiger partial charge in [0.2, 0.25) is 0 Å². The van der Waals surface area contributed by atoms with Crippen molar-refractivity contribution >= 4 is 69.4 Å². The smallest absolute Gasteiger partial charge is 0.264 e. The monoisotopic (exact) mass is 511 g/mol. The predicted octanol–water partition coefficient (Wildman–Crippen LogP) is 6.21. The largest absolute Gasteiger partial charge is 0.482 e. The van der Waals surface area contributed by atoms with Crippen molar-refractivity contribution in [2.45, 2.75) is 6.92 Å². The zero-order valence-electron chi connectivity index (χ0n) is 18.0. The number of hydrogen-bond acceptors (Lipinski definition) is 5. The Balaban J connectivity index is 1.41. The molecule has 9 heteroatoms. The van der Waals surface area contributed by atoms with Crippen LogP contribution in [-0.2, 0) is 9.59 Å². The molecule has 1 fully saturated rings. The maximum absolute atomic E-state index is 12.4. The minimum atomic E-state index is -0.297. The second-order valence-corrected chi connectivity index (χ2v) is 9.10. The molecule has 0 unspecified atom stereocenters. The molecule has 0 aliphatic carbocycles. The molecule has 1 heterocycles. The van der Waals surface area contributed by atoms with Gasteiger partial charge in [-0.25, -0.2) is 4.99 Å². The fourth-order valence-corrected chi connectivity index (χ4v) is 4.29. The summed E-state index contributed by atoms with van der Waals surface area (Å²) in [5.74, 6) is -0.180. The third-order valence-electron chi connectivity index (χ3n) is 4.78. The van der Waals surface area contributed by atoms with Crippen molar-refractivity contribution in [2.75, 3.05) is 11.9 Å². The van der Waals surface area contributed by atoms with E-state index in [4.69, 9.17) is 27.9 Å². The van der Waals surface area contributed by atoms with Gasteiger partial charge in [0.1, 0.15) is 5.75 Å². The lowest BCUT2D eigenvalue weighted by atomic mass is 10.2. The SMILES string of the molecule is Cc1c(Cl)cccc1N=C1NC(=O)/C(=C\c2ccc(OCC(=O)Nc3ccccc3)c(Cl)c2)S1. The molecule has 1 saturated heterocycles. The lowest BCUT2D eigenvalue weighted by Gasteiger charge is -2.09. The number of para-hydroxylation sites is 1. The molecule has 2 N–H and O–H groups in total. The summed E-state index contributed by atoms with van der Waals surface area (Å²) in [6, 6.07) is 19.6. The summed E-state index contributed by atoms with van der Waals surface area (Å²) >= 11 is 13.7. The summed E-state index contributed by atoms with van der Waals surface area (Å²) in [4.78, 5) is 29.5. The molecular formula is C25H19Cl2N3O3S. The van der Waals surface area contributed by atoms with Gasteiger partial charge in [-0.2, -0.15) is 0 Å². The van der Waals surface area contributed by atoms with Crippen LogP contribution < -0.4 is 15.4 Å². The van der Waals surface area contributed by atoms with Crippen molar-refractivity contribution in [1.29, 1.82) is 0 Å². The number of nitrogens with zero attached hydrogens (tertiary/aromatic N) is 1. The van der Waals surface area contributed by atoms with Crippen LogP contribution >= 0.6 is 35.0 Å². The van der Waals surface area contributed by atoms with Gasteiger partial charge in [0.05, 0.1) is 15.6 Å². The molecule has 0 radical (unpaired) electrons. The first-order chi connectivity index (χ1) is 16.4. The molecule has 0 bridgehead atoms. The van der Waals surface area contributed by atoms with Gasteiger partial charge in [-0.1, -0.05) is 53.5 Å². The first kappa shape index (κ1) is 23.9. The summed E-state index contributed by atoms with van der Waals surface area (Å²) in [6.07, 6.45) is 1.71. The second-order valence-electron chi connectivity index (χ2n) is 7.26. The van der Waals surface area contributed by atoms with E-state index in [1.165, 1.54) is 11.8 Å². The minimum Gasteiger partial charge on any atom is -0.482 e. The molecule has 4 rings (SSSR count). The summed E-state index contributed by atoms with van der Waals surface area (Å²) in [6.45, 7) is 1.69. The third kappa shape index (κ3) is 5.99. The minimum absolute atomic E-state index is 0.184. The summed E-state index contributed by atoms with van der Waals surface area (Å²) in [5.41, 5.74) is 2.93. The highest BCUT2D eigenvalue weighted by Crippen LogP contribution is 2.32. The van der Waals surface area contributed by atoms with Crippen molar-refractivity contribution in [3.8, 4) is 5.75 Å². The predicted molar refractivity (Wildman–Crippen MR) is 139 cm³/mol. The number of amidine groups is 1. The number of halogens is 2. The normalized spacial score (nSPS) is 15.4. The Labute approximate surface area is 211 Å². The van der Waals surface area contributed by atoms with Crippen LogP contribution in [0.4, 0.5) is 11.4 Å². The third-order valence-corrected chi connectivity index (χ3v) is 6.40. The van der Waals surface area contributed by atoms with Crippen LogP contribution in [0, 0.1) is 6.92 Å². The quantitative estimate of drug-likeness (QED) is 0.385. The molecule has 0 atom stereocenters. The standard InChI is InChI=1S/C25H19Cl2N3O3S/c1-15-18(26)8-5-9-20(15)29-25-30-24(32)22(34-25)13-16-10-11-21(19(27)12-16)33-14-23(31)28-17-6-3-2-4-7-17/h2-13H,14H2,1H3,(H,28,31)(H,29,30,32)/b22-13+. The molecule has 3 aromatic rings. The van der Waals surface area contributed by atoms with E-state index in [1.54, 1.807) is 42.5 Å². The van der Waals surface area contributed by atoms with Crippen molar-refractivity contribution in [2.24, 2.45) is 4.99 Å². The molecule has 1 aliphatic heterocycles. The second kappa shape index (κ2) is 10.8. The van der Waals surface area contributed by atoms with Gasteiger partial charge in [-0.3, -0.25) is 9.59 Å². The summed E-state index contributed by atoms with van der Waals surface area (Å²) < 4.78 is 5.54. The number of ether oxygens (including phenoxy) is 1. The highest BCUT2D eigenvalue weighted by molar-refractivity contribution is 8.18. The fraction of sp³-hybridized carbons (Fsp3) is 0.0800. The number of carbonyl (C=O) groups is 2. The van der Waals surface area contributed by atoms with Gasteiger partial charge in [0, 0.05) is 10.7 Å². The number of thioether (sulfide) groups is 1. The number of benzene rings is 3. The van der Waals surface area contributed by atoms with Gasteiger partial charge >= 0.3 is 0 Å². The van der Waals surface area contributed by atoms with Crippen LogP contribution in [0.3, 0.4) is 0 Å². The Bertz CT molecular complexity index is 1310. The van der Waals surface area contributed by atoms with E-state index in [1.807, 2.05) is 37.3 Å². The Morgan fingerprint density at radius 2 is 1.88 bits per heavy atom. The number of anilines is 1. The van der Waals surface area contributed by atoms with E-state index in [2.05, 4.69) is 15.6 Å². The fourth-order valence-electron chi connectivity index (χ4n) is 3.04. The van der Waals surface area contributed by atoms with E-state index in [-0.39, 0.29) is 18.4 Å². The number of aliphatic imine (C=N–C) groups is 1. The number of amides is 2. The van der Waals surface area contributed by atoms with E-state index in [9.17, 15) is 9.59 Å². The van der Waals surface area contributed by atoms with Gasteiger partial charge in [0.25, 0.3) is 11.8 Å². The Hall–Kier alpha value is -3.26. The van der Waals surface area contributed by atoms with Crippen LogP contribution in [0.15, 0.2) is 76.6 Å². The Morgan fingerprint density at radius 1 is 1.09 bits per heavy atom. The van der Waals surface area contributed by atoms with Crippen LogP contribution in [0.25, 0.3) is 6.08 Å². The lowest BCUT2D eigenvalue weighted by Crippen LogP contribution is -2.20. The van der Waals surface area contributed by atoms with E-state index in [0.717, 1.165) is 5.56 Å². The van der Waals surface area contributed by atoms with Crippen LogP contribution in [0.5, 0.6) is 5.75 Å². The first-order valence-electron chi connectivity index (χ1n) is 10.2. The molecule has 34 heavy (non-hydrogen) atoms. The van der Waals surface area contributed by atoms with E-state index in [0.29, 0.717) is 42.8 Å². The maximum Gasteiger partial charge on any atom is 0.264 e. The molecule has 172 valence electrons. The zero-order chi connectivity index (χ0) is 24.1. The van der Waals surface area contributed by atoms with Crippen molar-refractivity contribution in [3.05, 3.63) is 92.8 Å². The van der Waals surface area contributed by atoms with Gasteiger partial charge in [-0.15, -0.1) is 0 Å². The van der Waals surface area contributed by atoms with E-state index >= 15 is 0 Å². The maximum atomic E-state index is 12.4. The van der Waals surface area contributed by atoms with Crippen molar-refractivity contribution in [1.82, 2.24) is 5.32 Å². The topological polar surface area (TPSA) is 79.8 Å². The Kier molecular flexibility index (Phi) is 7.57. The Morgan fingerprint density at radius 3 is 2.65 bits per heavy atom. The molecule has 6 nitrogen and oxygen atoms in total. The zero-order valence-corrected chi connectivity index (χ0v) is 20.3. The molecule has 1 aliphatic rings. The molecule has 2 amide bonds. The van der Waals surface area contributed by atoms with Crippen molar-refractivity contribution in [3.63, 3.8) is 0 Å². The molecule has 3 aromatic carbocycles. The van der Waals surface area contributed by atoms with Crippen LogP contribution in [0.1, 0.15) is 11.1 Å². The van der Waals surface area contributed by atoms with Crippen LogP contribution in [0.2, 0.25) is 10.0 Å². The molecule has 0 saturated carbocycles. The number of hydrogen-bond donors (Lipinski definition) is 2. The average Bonchev–Trinajstić information content (AvgIpc) is 3.15. The average molecular weight is 512 g/mol. The van der Waals surface area contributed by atoms with Gasteiger partial charge in [-0.05, 0) is 72.3 Å². The molecular weight excluding hydrogens is 493 g/mol. The molecule has 0 spiro atoms. The number of carbonyl (C=O) groups excluding carboxylic acids is 2. The van der Waals surface area contributed by atoms with Crippen LogP contribution in [-0.4, -0.2) is 23.6 Å². The summed E-state index contributed by atoms with van der Waals surface area (Å²) in [5, 5.41) is 6.91. The summed E-state index contributed by atoms with van der Waals surface area (Å²) in [7, 11) is 0. The molecule has 0 aromatic heterocycles. The number of rotatable bonds is 6. The number of nitrogens with one attached hydrogen (secondary N) is 2. The lowest BCUT2D eigenvalue weighted by molar-refractivity contribution is -0.118. The van der Waals surface area contributed by atoms with Gasteiger partial charge < -0.3 is 15.4 Å². The van der Waals surface area contributed by atoms with Crippen molar-refractivity contribution < 1.29 is 14.3 Å². The highest BCUT2D eigenvalue weighted by Gasteiger charge is 2.24. The van der Waals surface area contributed by atoms with E-state index < -0.39 is 0 Å². The highest BCUT2D eigenvalue weighted by atomic mass is 35.5. The first-order valence-corrected chi connectivity index (χ1v) is 11.8. The van der Waals surface area contributed by atoms with Gasteiger partial charge in [0.15, 0.2) is 11.8 Å².